The van der Waals surface area contributed by atoms with E-state index < -0.39 is 0 Å². The van der Waals surface area contributed by atoms with Crippen molar-refractivity contribution < 1.29 is 9.84 Å². The lowest BCUT2D eigenvalue weighted by Gasteiger charge is -2.09. The number of hydrogen-bond acceptors (Lipinski definition) is 2. The third kappa shape index (κ3) is 3.91. The largest absolute Gasteiger partial charge is 0.487 e. The van der Waals surface area contributed by atoms with Crippen molar-refractivity contribution in [1.29, 1.82) is 0 Å². The number of hydrogen-bond donors (Lipinski definition) is 1. The Bertz CT molecular complexity index is 657. The van der Waals surface area contributed by atoms with Crippen LogP contribution in [0.2, 0.25) is 10.0 Å². The summed E-state index contributed by atoms with van der Waals surface area (Å²) < 4.78 is 5.68. The van der Waals surface area contributed by atoms with Crippen molar-refractivity contribution in [1.82, 2.24) is 0 Å². The molecule has 0 atom stereocenters. The summed E-state index contributed by atoms with van der Waals surface area (Å²) in [4.78, 5) is 0. The minimum Gasteiger partial charge on any atom is -0.487 e. The Labute approximate surface area is 127 Å². The van der Waals surface area contributed by atoms with E-state index >= 15 is 0 Å². The zero-order valence-corrected chi connectivity index (χ0v) is 12.1. The van der Waals surface area contributed by atoms with Crippen LogP contribution in [-0.2, 0) is 6.61 Å². The van der Waals surface area contributed by atoms with E-state index in [2.05, 4.69) is 11.8 Å². The van der Waals surface area contributed by atoms with Crippen molar-refractivity contribution in [3.8, 4) is 17.6 Å². The number of aliphatic hydroxyl groups excluding tert-OH is 1. The third-order valence-corrected chi connectivity index (χ3v) is 3.14. The number of halogens is 2. The highest BCUT2D eigenvalue weighted by Gasteiger charge is 2.05. The van der Waals surface area contributed by atoms with Crippen LogP contribution < -0.4 is 4.74 Å². The summed E-state index contributed by atoms with van der Waals surface area (Å²) in [6.45, 7) is 0.158. The molecule has 0 saturated heterocycles. The zero-order valence-electron chi connectivity index (χ0n) is 10.6. The quantitative estimate of drug-likeness (QED) is 0.871. The Morgan fingerprint density at radius 2 is 1.90 bits per heavy atom. The standard InChI is InChI=1S/C16H12Cl2O2/c17-14-7-8-15(18)16(10-14)20-11-13-5-2-1-4-12(13)6-3-9-19/h1-2,4-5,7-8,10,19H,9,11H2. The molecule has 0 aliphatic carbocycles. The van der Waals surface area contributed by atoms with E-state index in [-0.39, 0.29) is 6.61 Å². The Morgan fingerprint density at radius 1 is 1.10 bits per heavy atom. The molecular formula is C16H12Cl2O2. The van der Waals surface area contributed by atoms with Crippen LogP contribution in [0.1, 0.15) is 11.1 Å². The van der Waals surface area contributed by atoms with E-state index in [4.69, 9.17) is 33.0 Å². The van der Waals surface area contributed by atoms with Gasteiger partial charge in [-0.15, -0.1) is 0 Å². The van der Waals surface area contributed by atoms with Gasteiger partial charge in [-0.05, 0) is 18.2 Å². The maximum absolute atomic E-state index is 8.76. The van der Waals surface area contributed by atoms with Crippen molar-refractivity contribution >= 4 is 23.2 Å². The number of rotatable bonds is 3. The van der Waals surface area contributed by atoms with Crippen molar-refractivity contribution in [3.63, 3.8) is 0 Å². The van der Waals surface area contributed by atoms with Crippen molar-refractivity contribution in [2.24, 2.45) is 0 Å². The molecule has 2 rings (SSSR count). The Morgan fingerprint density at radius 3 is 2.70 bits per heavy atom. The summed E-state index contributed by atoms with van der Waals surface area (Å²) in [5, 5.41) is 9.83. The fourth-order valence-electron chi connectivity index (χ4n) is 1.65. The molecule has 0 bridgehead atoms. The average Bonchev–Trinajstić information content (AvgIpc) is 2.47. The van der Waals surface area contributed by atoms with E-state index in [0.717, 1.165) is 11.1 Å². The summed E-state index contributed by atoms with van der Waals surface area (Å²) in [5.41, 5.74) is 1.74. The van der Waals surface area contributed by atoms with E-state index in [9.17, 15) is 0 Å². The minimum absolute atomic E-state index is 0.171. The van der Waals surface area contributed by atoms with Crippen LogP contribution >= 0.6 is 23.2 Å². The predicted octanol–water partition coefficient (Wildman–Crippen LogP) is 3.92. The molecule has 20 heavy (non-hydrogen) atoms. The predicted molar refractivity (Wildman–Crippen MR) is 81.2 cm³/mol. The molecule has 2 nitrogen and oxygen atoms in total. The molecule has 0 amide bonds. The van der Waals surface area contributed by atoms with E-state index in [1.807, 2.05) is 24.3 Å². The molecule has 0 radical (unpaired) electrons. The molecule has 2 aromatic rings. The zero-order chi connectivity index (χ0) is 14.4. The summed E-state index contributed by atoms with van der Waals surface area (Å²) in [6, 6.07) is 12.7. The highest BCUT2D eigenvalue weighted by atomic mass is 35.5. The molecule has 0 aromatic heterocycles. The molecule has 0 saturated carbocycles. The summed E-state index contributed by atoms with van der Waals surface area (Å²) >= 11 is 12.0. The maximum Gasteiger partial charge on any atom is 0.139 e. The van der Waals surface area contributed by atoms with E-state index in [0.29, 0.717) is 22.4 Å². The average molecular weight is 307 g/mol. The maximum atomic E-state index is 8.76. The third-order valence-electron chi connectivity index (χ3n) is 2.60. The molecule has 2 aromatic carbocycles. The molecule has 0 spiro atoms. The fraction of sp³-hybridized carbons (Fsp3) is 0.125. The van der Waals surface area contributed by atoms with Gasteiger partial charge < -0.3 is 9.84 Å². The first kappa shape index (κ1) is 14.7. The molecular weight excluding hydrogens is 295 g/mol. The van der Waals surface area contributed by atoms with Crippen LogP contribution in [0.4, 0.5) is 0 Å². The number of benzene rings is 2. The van der Waals surface area contributed by atoms with Gasteiger partial charge in [-0.25, -0.2) is 0 Å². The molecule has 0 heterocycles. The van der Waals surface area contributed by atoms with Crippen LogP contribution in [0.3, 0.4) is 0 Å². The normalized spacial score (nSPS) is 9.75. The topological polar surface area (TPSA) is 29.5 Å². The smallest absolute Gasteiger partial charge is 0.139 e. The SMILES string of the molecule is OCC#Cc1ccccc1COc1cc(Cl)ccc1Cl. The molecule has 0 aliphatic heterocycles. The highest BCUT2D eigenvalue weighted by Crippen LogP contribution is 2.28. The Kier molecular flexibility index (Phi) is 5.31. The highest BCUT2D eigenvalue weighted by molar-refractivity contribution is 6.34. The lowest BCUT2D eigenvalue weighted by Crippen LogP contribution is -1.98. The first-order valence-electron chi connectivity index (χ1n) is 5.96. The van der Waals surface area contributed by atoms with E-state index in [1.54, 1.807) is 18.2 Å². The lowest BCUT2D eigenvalue weighted by atomic mass is 10.1. The second-order valence-corrected chi connectivity index (χ2v) is 4.82. The van der Waals surface area contributed by atoms with Gasteiger partial charge in [-0.3, -0.25) is 0 Å². The second kappa shape index (κ2) is 7.21. The van der Waals surface area contributed by atoms with Gasteiger partial charge in [-0.2, -0.15) is 0 Å². The lowest BCUT2D eigenvalue weighted by molar-refractivity contribution is 0.306. The minimum atomic E-state index is -0.171. The number of aliphatic hydroxyl groups is 1. The monoisotopic (exact) mass is 306 g/mol. The van der Waals surface area contributed by atoms with Crippen LogP contribution in [0.25, 0.3) is 0 Å². The van der Waals surface area contributed by atoms with Gasteiger partial charge in [0, 0.05) is 22.2 Å². The van der Waals surface area contributed by atoms with Gasteiger partial charge in [0.05, 0.1) is 5.02 Å². The second-order valence-electron chi connectivity index (χ2n) is 3.98. The first-order valence-corrected chi connectivity index (χ1v) is 6.72. The first-order chi connectivity index (χ1) is 9.70. The Hall–Kier alpha value is -1.66. The molecule has 1 N–H and O–H groups in total. The fourth-order valence-corrected chi connectivity index (χ4v) is 1.98. The molecule has 4 heteroatoms. The Balaban J connectivity index is 2.17. The summed E-state index contributed by atoms with van der Waals surface area (Å²) in [7, 11) is 0. The van der Waals surface area contributed by atoms with Crippen molar-refractivity contribution in [3.05, 3.63) is 63.6 Å². The molecule has 0 aliphatic rings. The van der Waals surface area contributed by atoms with Crippen molar-refractivity contribution in [2.75, 3.05) is 6.61 Å². The van der Waals surface area contributed by atoms with Gasteiger partial charge in [0.2, 0.25) is 0 Å². The molecule has 0 unspecified atom stereocenters. The van der Waals surface area contributed by atoms with Gasteiger partial charge in [-0.1, -0.05) is 53.2 Å². The van der Waals surface area contributed by atoms with Crippen LogP contribution in [0.15, 0.2) is 42.5 Å². The molecule has 102 valence electrons. The van der Waals surface area contributed by atoms with Gasteiger partial charge in [0.1, 0.15) is 19.0 Å². The van der Waals surface area contributed by atoms with Crippen molar-refractivity contribution in [2.45, 2.75) is 6.61 Å². The van der Waals surface area contributed by atoms with Gasteiger partial charge in [0.25, 0.3) is 0 Å². The van der Waals surface area contributed by atoms with E-state index in [1.165, 1.54) is 0 Å². The number of ether oxygens (including phenoxy) is 1. The summed E-state index contributed by atoms with van der Waals surface area (Å²) in [5.74, 6) is 6.04. The van der Waals surface area contributed by atoms with Crippen LogP contribution in [-0.4, -0.2) is 11.7 Å². The van der Waals surface area contributed by atoms with Gasteiger partial charge >= 0.3 is 0 Å². The van der Waals surface area contributed by atoms with Gasteiger partial charge in [0.15, 0.2) is 0 Å². The summed E-state index contributed by atoms with van der Waals surface area (Å²) in [6.07, 6.45) is 0. The molecule has 0 fully saturated rings. The van der Waals surface area contributed by atoms with Crippen LogP contribution in [0, 0.1) is 11.8 Å². The van der Waals surface area contributed by atoms with Crippen LogP contribution in [0.5, 0.6) is 5.75 Å².